The fourth-order valence-corrected chi connectivity index (χ4v) is 5.68. The smallest absolute Gasteiger partial charge is 0.337 e. The Hall–Kier alpha value is -5.97. The molecule has 19 nitrogen and oxygen atoms in total. The Bertz CT molecular complexity index is 2250. The standard InChI is InChI=1S/C27H19N7O12S2/c28-20-18-11(9-16(47-46-45-41)21(22(18)35)34-33-15-8-4-2-6-13(15)25(38)39)10-17(48(42,43)44)19(20)23-30-26(32-27(40)31-23)29-14-7-3-1-5-12(14)24(36)37/h1-10,35,41H,28H2,(H,36,37)(H,38,39)(H,42,43,44)(H2,29,30,31,32,40)/b34-33+. The van der Waals surface area contributed by atoms with Crippen molar-refractivity contribution in [2.45, 2.75) is 9.79 Å². The van der Waals surface area contributed by atoms with Crippen LogP contribution in [-0.2, 0) is 19.5 Å². The molecule has 1 aromatic heterocycles. The molecule has 21 heteroatoms. The number of rotatable bonds is 11. The van der Waals surface area contributed by atoms with Gasteiger partial charge in [-0.1, -0.05) is 29.3 Å². The highest BCUT2D eigenvalue weighted by molar-refractivity contribution is 7.94. The minimum atomic E-state index is -5.15. The molecule has 0 saturated carbocycles. The molecule has 0 radical (unpaired) electrons. The van der Waals surface area contributed by atoms with Gasteiger partial charge in [-0.3, -0.25) is 4.55 Å². The van der Waals surface area contributed by atoms with Crippen LogP contribution in [0.25, 0.3) is 22.2 Å². The number of nitrogens with zero attached hydrogens (tertiary/aromatic N) is 5. The number of para-hydroxylation sites is 1. The maximum absolute atomic E-state index is 12.6. The molecule has 0 amide bonds. The van der Waals surface area contributed by atoms with Crippen molar-refractivity contribution in [2.75, 3.05) is 11.1 Å². The summed E-state index contributed by atoms with van der Waals surface area (Å²) < 4.78 is 39.9. The first kappa shape index (κ1) is 33.4. The molecule has 0 spiro atoms. The van der Waals surface area contributed by atoms with E-state index in [9.17, 15) is 43.0 Å². The quantitative estimate of drug-likeness (QED) is 0.0227. The molecular weight excluding hydrogens is 678 g/mol. The fourth-order valence-electron chi connectivity index (χ4n) is 4.44. The van der Waals surface area contributed by atoms with E-state index in [2.05, 4.69) is 39.9 Å². The van der Waals surface area contributed by atoms with Gasteiger partial charge in [0.05, 0.1) is 45.0 Å². The number of hydrogen-bond donors (Lipinski definition) is 8. The van der Waals surface area contributed by atoms with Crippen molar-refractivity contribution in [1.82, 2.24) is 15.0 Å². The zero-order valence-electron chi connectivity index (χ0n) is 23.5. The summed E-state index contributed by atoms with van der Waals surface area (Å²) in [6, 6.07) is 12.1. The summed E-state index contributed by atoms with van der Waals surface area (Å²) in [5, 5.41) is 63.0. The van der Waals surface area contributed by atoms with E-state index < -0.39 is 67.4 Å². The van der Waals surface area contributed by atoms with E-state index in [1.54, 1.807) is 0 Å². The molecule has 0 aliphatic heterocycles. The zero-order valence-corrected chi connectivity index (χ0v) is 25.2. The number of nitrogens with one attached hydrogen (secondary N) is 1. The van der Waals surface area contributed by atoms with Crippen LogP contribution >= 0.6 is 12.0 Å². The second-order valence-electron chi connectivity index (χ2n) is 9.32. The lowest BCUT2D eigenvalue weighted by Crippen LogP contribution is -2.09. The fraction of sp³-hybridized carbons (Fsp3) is 0. The third-order valence-corrected chi connectivity index (χ3v) is 7.91. The van der Waals surface area contributed by atoms with Crippen molar-refractivity contribution in [2.24, 2.45) is 10.2 Å². The number of phenolic OH excluding ortho intramolecular Hbond substituents is 1. The van der Waals surface area contributed by atoms with Crippen LogP contribution in [0.2, 0.25) is 0 Å². The highest BCUT2D eigenvalue weighted by Gasteiger charge is 2.28. The molecule has 0 unspecified atom stereocenters. The number of fused-ring (bicyclic) bond motifs is 1. The number of nitrogens with two attached hydrogens (primary N) is 1. The topological polar surface area (TPSA) is 310 Å². The lowest BCUT2D eigenvalue weighted by molar-refractivity contribution is -0.432. The normalized spacial score (nSPS) is 11.6. The monoisotopic (exact) mass is 697 g/mol. The predicted molar refractivity (Wildman–Crippen MR) is 165 cm³/mol. The molecule has 0 fully saturated rings. The summed E-state index contributed by atoms with van der Waals surface area (Å²) in [4.78, 5) is 33.7. The molecule has 48 heavy (non-hydrogen) atoms. The number of phenols is 1. The first-order chi connectivity index (χ1) is 22.8. The van der Waals surface area contributed by atoms with Gasteiger partial charge in [-0.05, 0) is 41.8 Å². The number of carbonyl (C=O) groups is 2. The number of azo groups is 1. The average molecular weight is 698 g/mol. The van der Waals surface area contributed by atoms with E-state index in [1.165, 1.54) is 48.5 Å². The highest BCUT2D eigenvalue weighted by atomic mass is 32.2. The van der Waals surface area contributed by atoms with Gasteiger partial charge in [0.15, 0.2) is 11.6 Å². The number of benzene rings is 4. The Labute approximate surface area is 271 Å². The Kier molecular flexibility index (Phi) is 9.33. The van der Waals surface area contributed by atoms with Gasteiger partial charge < -0.3 is 31.5 Å². The molecular formula is C27H19N7O12S2. The molecule has 0 bridgehead atoms. The van der Waals surface area contributed by atoms with Crippen LogP contribution in [-0.4, -0.2) is 65.5 Å². The van der Waals surface area contributed by atoms with E-state index in [1.807, 2.05) is 0 Å². The number of hydrogen-bond acceptors (Lipinski definition) is 17. The molecule has 246 valence electrons. The molecule has 0 saturated heterocycles. The number of aromatic carboxylic acids is 2. The number of carboxylic acid groups (broad SMARTS) is 2. The maximum Gasteiger partial charge on any atom is 0.337 e. The third-order valence-electron chi connectivity index (χ3n) is 6.42. The average Bonchev–Trinajstić information content (AvgIpc) is 3.02. The lowest BCUT2D eigenvalue weighted by Gasteiger charge is -2.16. The van der Waals surface area contributed by atoms with E-state index in [4.69, 9.17) is 11.0 Å². The minimum absolute atomic E-state index is 0.0146. The number of aromatic nitrogens is 3. The van der Waals surface area contributed by atoms with Crippen molar-refractivity contribution in [3.63, 3.8) is 0 Å². The van der Waals surface area contributed by atoms with Crippen LogP contribution in [0.5, 0.6) is 11.8 Å². The first-order valence-electron chi connectivity index (χ1n) is 12.8. The van der Waals surface area contributed by atoms with Crippen molar-refractivity contribution < 1.29 is 57.6 Å². The highest BCUT2D eigenvalue weighted by Crippen LogP contribution is 2.49. The predicted octanol–water partition coefficient (Wildman–Crippen LogP) is 4.92. The molecule has 0 atom stereocenters. The van der Waals surface area contributed by atoms with Crippen LogP contribution in [0.4, 0.5) is 28.7 Å². The molecule has 1 heterocycles. The Morgan fingerprint density at radius 2 is 1.58 bits per heavy atom. The Morgan fingerprint density at radius 3 is 2.25 bits per heavy atom. The number of carboxylic acids is 2. The van der Waals surface area contributed by atoms with E-state index in [0.29, 0.717) is 0 Å². The van der Waals surface area contributed by atoms with Gasteiger partial charge in [0.25, 0.3) is 10.1 Å². The summed E-state index contributed by atoms with van der Waals surface area (Å²) >= 11 is 0.278. The summed E-state index contributed by atoms with van der Waals surface area (Å²) in [5.41, 5.74) is 4.19. The first-order valence-corrected chi connectivity index (χ1v) is 15.0. The summed E-state index contributed by atoms with van der Waals surface area (Å²) in [7, 11) is -5.15. The summed E-state index contributed by atoms with van der Waals surface area (Å²) in [6.45, 7) is 0. The molecule has 4 aromatic carbocycles. The summed E-state index contributed by atoms with van der Waals surface area (Å²) in [6.07, 6.45) is 0. The number of anilines is 3. The molecule has 5 rings (SSSR count). The van der Waals surface area contributed by atoms with Crippen molar-refractivity contribution >= 4 is 73.6 Å². The van der Waals surface area contributed by atoms with Gasteiger partial charge in [-0.2, -0.15) is 23.4 Å². The second kappa shape index (κ2) is 13.4. The van der Waals surface area contributed by atoms with Gasteiger partial charge in [0.1, 0.15) is 16.3 Å². The van der Waals surface area contributed by atoms with Gasteiger partial charge in [-0.25, -0.2) is 14.8 Å². The summed E-state index contributed by atoms with van der Waals surface area (Å²) in [5.74, 6) is -4.52. The van der Waals surface area contributed by atoms with Crippen molar-refractivity contribution in [3.8, 4) is 23.1 Å². The van der Waals surface area contributed by atoms with Gasteiger partial charge in [0.2, 0.25) is 5.95 Å². The lowest BCUT2D eigenvalue weighted by atomic mass is 10.0. The Balaban J connectivity index is 1.76. The van der Waals surface area contributed by atoms with Crippen LogP contribution in [0.15, 0.2) is 80.7 Å². The van der Waals surface area contributed by atoms with Crippen LogP contribution < -0.4 is 11.1 Å². The molecule has 0 aliphatic rings. The van der Waals surface area contributed by atoms with Crippen molar-refractivity contribution in [3.05, 3.63) is 71.8 Å². The van der Waals surface area contributed by atoms with Gasteiger partial charge >= 0.3 is 17.9 Å². The van der Waals surface area contributed by atoms with Crippen LogP contribution in [0, 0.1) is 0 Å². The SMILES string of the molecule is Nc1c(-c2nc(O)nc(Nc3ccccc3C(=O)O)n2)c(S(=O)(=O)O)cc2cc(SOOO)c(/N=N/c3ccccc3C(=O)O)c(O)c12. The number of nitrogen functional groups attached to an aromatic ring is 1. The second-order valence-corrected chi connectivity index (χ2v) is 11.4. The minimum Gasteiger partial charge on any atom is -0.505 e. The van der Waals surface area contributed by atoms with E-state index in [-0.39, 0.29) is 50.2 Å². The van der Waals surface area contributed by atoms with Crippen LogP contribution in [0.1, 0.15) is 20.7 Å². The van der Waals surface area contributed by atoms with E-state index >= 15 is 0 Å². The maximum atomic E-state index is 12.6. The van der Waals surface area contributed by atoms with Crippen LogP contribution in [0.3, 0.4) is 0 Å². The van der Waals surface area contributed by atoms with Gasteiger partial charge in [0, 0.05) is 5.39 Å². The van der Waals surface area contributed by atoms with Crippen molar-refractivity contribution in [1.29, 1.82) is 0 Å². The molecule has 5 aromatic rings. The number of aromatic hydroxyl groups is 2. The van der Waals surface area contributed by atoms with E-state index in [0.717, 1.165) is 12.1 Å². The largest absolute Gasteiger partial charge is 0.505 e. The zero-order chi connectivity index (χ0) is 34.7. The third kappa shape index (κ3) is 6.75. The molecule has 0 aliphatic carbocycles. The van der Waals surface area contributed by atoms with Gasteiger partial charge in [-0.15, -0.1) is 14.6 Å². The molecule has 9 N–H and O–H groups in total. The Morgan fingerprint density at radius 1 is 0.917 bits per heavy atom.